The molecule has 2 aromatic carbocycles. The molecule has 0 bridgehead atoms. The highest BCUT2D eigenvalue weighted by Gasteiger charge is 2.23. The molecule has 1 aromatic heterocycles. The van der Waals surface area contributed by atoms with Crippen LogP contribution in [0.15, 0.2) is 59.2 Å². The van der Waals surface area contributed by atoms with Crippen molar-refractivity contribution < 1.29 is 9.90 Å². The van der Waals surface area contributed by atoms with Crippen LogP contribution in [0.5, 0.6) is 5.75 Å². The van der Waals surface area contributed by atoms with Gasteiger partial charge in [-0.2, -0.15) is 0 Å². The summed E-state index contributed by atoms with van der Waals surface area (Å²) in [5.41, 5.74) is 3.49. The second-order valence-electron chi connectivity index (χ2n) is 7.48. The molecule has 2 N–H and O–H groups in total. The van der Waals surface area contributed by atoms with Crippen molar-refractivity contribution in [3.8, 4) is 5.75 Å². The first kappa shape index (κ1) is 18.7. The number of carbonyl (C=O) groups excluding carboxylic acids is 1. The van der Waals surface area contributed by atoms with Crippen LogP contribution in [-0.2, 0) is 11.2 Å². The van der Waals surface area contributed by atoms with Crippen molar-refractivity contribution in [1.29, 1.82) is 0 Å². The van der Waals surface area contributed by atoms with E-state index in [9.17, 15) is 9.90 Å². The quantitative estimate of drug-likeness (QED) is 0.620. The number of rotatable bonds is 5. The number of hydrogen-bond donors (Lipinski definition) is 2. The van der Waals surface area contributed by atoms with E-state index in [1.54, 1.807) is 23.5 Å². The minimum atomic E-state index is 0.0694. The number of hydrogen-bond acceptors (Lipinski definition) is 4. The van der Waals surface area contributed by atoms with Gasteiger partial charge in [-0.15, -0.1) is 11.3 Å². The molecule has 5 heteroatoms. The van der Waals surface area contributed by atoms with Crippen molar-refractivity contribution in [3.05, 3.63) is 69.8 Å². The Morgan fingerprint density at radius 2 is 2.07 bits per heavy atom. The van der Waals surface area contributed by atoms with Crippen molar-refractivity contribution in [2.75, 3.05) is 0 Å². The zero-order chi connectivity index (χ0) is 19.5. The number of nitrogens with zero attached hydrogens (tertiary/aromatic N) is 1. The summed E-state index contributed by atoms with van der Waals surface area (Å²) in [6.45, 7) is 2.12. The second-order valence-corrected chi connectivity index (χ2v) is 8.41. The lowest BCUT2D eigenvalue weighted by atomic mass is 9.88. The summed E-state index contributed by atoms with van der Waals surface area (Å²) >= 11 is 1.70. The van der Waals surface area contributed by atoms with Crippen LogP contribution in [0.1, 0.15) is 49.1 Å². The fourth-order valence-electron chi connectivity index (χ4n) is 3.80. The highest BCUT2D eigenvalue weighted by atomic mass is 32.1. The van der Waals surface area contributed by atoms with E-state index in [2.05, 4.69) is 23.3 Å². The van der Waals surface area contributed by atoms with Crippen molar-refractivity contribution in [3.63, 3.8) is 0 Å². The summed E-state index contributed by atoms with van der Waals surface area (Å²) in [4.78, 5) is 17.0. The number of phenols is 1. The van der Waals surface area contributed by atoms with Crippen LogP contribution in [-0.4, -0.2) is 16.0 Å². The summed E-state index contributed by atoms with van der Waals surface area (Å²) in [7, 11) is 0. The molecule has 1 atom stereocenters. The molecule has 1 aliphatic carbocycles. The minimum absolute atomic E-state index is 0.0694. The first-order chi connectivity index (χ1) is 13.6. The number of thiazole rings is 1. The number of amides is 1. The maximum atomic E-state index is 12.5. The van der Waals surface area contributed by atoms with E-state index < -0.39 is 0 Å². The number of aromatic nitrogens is 1. The van der Waals surface area contributed by atoms with Crippen LogP contribution in [0, 0.1) is 0 Å². The van der Waals surface area contributed by atoms with Gasteiger partial charge in [-0.25, -0.2) is 4.98 Å². The average molecular weight is 393 g/mol. The Morgan fingerprint density at radius 1 is 1.25 bits per heavy atom. The largest absolute Gasteiger partial charge is 0.508 e. The Hall–Kier alpha value is -2.66. The number of allylic oxidation sites excluding steroid dienone is 2. The molecule has 0 saturated heterocycles. The maximum Gasteiger partial charge on any atom is 0.224 e. The highest BCUT2D eigenvalue weighted by Crippen LogP contribution is 2.36. The van der Waals surface area contributed by atoms with E-state index in [1.165, 1.54) is 10.6 Å². The van der Waals surface area contributed by atoms with Crippen molar-refractivity contribution in [2.24, 2.45) is 0 Å². The molecule has 1 heterocycles. The van der Waals surface area contributed by atoms with E-state index in [1.807, 2.05) is 29.8 Å². The Labute approximate surface area is 168 Å². The molecule has 4 nitrogen and oxygen atoms in total. The number of fused-ring (bicyclic) bond motifs is 1. The lowest BCUT2D eigenvalue weighted by Gasteiger charge is -2.25. The molecule has 144 valence electrons. The van der Waals surface area contributed by atoms with Crippen LogP contribution in [0.2, 0.25) is 0 Å². The van der Waals surface area contributed by atoms with E-state index in [-0.39, 0.29) is 11.7 Å². The molecule has 3 aromatic rings. The third-order valence-corrected chi connectivity index (χ3v) is 6.39. The summed E-state index contributed by atoms with van der Waals surface area (Å²) in [5, 5.41) is 18.0. The smallest absolute Gasteiger partial charge is 0.224 e. The lowest BCUT2D eigenvalue weighted by Crippen LogP contribution is -2.27. The molecule has 0 saturated carbocycles. The zero-order valence-corrected chi connectivity index (χ0v) is 16.8. The lowest BCUT2D eigenvalue weighted by molar-refractivity contribution is -0.120. The van der Waals surface area contributed by atoms with Crippen LogP contribution in [0.4, 0.5) is 0 Å². The molecule has 1 unspecified atom stereocenters. The normalized spacial score (nSPS) is 17.1. The molecule has 0 spiro atoms. The first-order valence-electron chi connectivity index (χ1n) is 9.68. The Kier molecular flexibility index (Phi) is 5.44. The molecule has 28 heavy (non-hydrogen) atoms. The molecule has 1 amide bonds. The minimum Gasteiger partial charge on any atom is -0.508 e. The SMILES string of the molecule is CC1=C(NC(=O)CCc2ccc3cc(O)ccc3c2)CC(c2nccs2)CC1. The average Bonchev–Trinajstić information content (AvgIpc) is 3.23. The van der Waals surface area contributed by atoms with Crippen LogP contribution in [0.3, 0.4) is 0 Å². The van der Waals surface area contributed by atoms with Crippen LogP contribution >= 0.6 is 11.3 Å². The molecular weight excluding hydrogens is 368 g/mol. The van der Waals surface area contributed by atoms with Crippen molar-refractivity contribution in [1.82, 2.24) is 10.3 Å². The van der Waals surface area contributed by atoms with E-state index in [0.29, 0.717) is 18.8 Å². The van der Waals surface area contributed by atoms with E-state index in [4.69, 9.17) is 0 Å². The number of benzene rings is 2. The van der Waals surface area contributed by atoms with Crippen LogP contribution in [0.25, 0.3) is 10.8 Å². The highest BCUT2D eigenvalue weighted by molar-refractivity contribution is 7.09. The molecule has 4 rings (SSSR count). The summed E-state index contributed by atoms with van der Waals surface area (Å²) in [5.74, 6) is 0.752. The zero-order valence-electron chi connectivity index (χ0n) is 15.9. The van der Waals surface area contributed by atoms with E-state index >= 15 is 0 Å². The maximum absolute atomic E-state index is 12.5. The van der Waals surface area contributed by atoms with Crippen molar-refractivity contribution >= 4 is 28.0 Å². The van der Waals surface area contributed by atoms with Gasteiger partial charge >= 0.3 is 0 Å². The van der Waals surface area contributed by atoms with Gasteiger partial charge in [0.25, 0.3) is 0 Å². The molecular formula is C23H24N2O2S. The van der Waals surface area contributed by atoms with Gasteiger partial charge in [0.05, 0.1) is 5.01 Å². The molecule has 0 aliphatic heterocycles. The summed E-state index contributed by atoms with van der Waals surface area (Å²) in [6, 6.07) is 11.5. The number of aryl methyl sites for hydroxylation is 1. The van der Waals surface area contributed by atoms with E-state index in [0.717, 1.165) is 41.3 Å². The fourth-order valence-corrected chi connectivity index (χ4v) is 4.57. The van der Waals surface area contributed by atoms with Gasteiger partial charge in [-0.05, 0) is 61.1 Å². The topological polar surface area (TPSA) is 62.2 Å². The predicted octanol–water partition coefficient (Wildman–Crippen LogP) is 5.29. The third kappa shape index (κ3) is 4.25. The van der Waals surface area contributed by atoms with Gasteiger partial charge in [0.1, 0.15) is 5.75 Å². The molecule has 1 aliphatic rings. The van der Waals surface area contributed by atoms with Gasteiger partial charge in [0, 0.05) is 29.6 Å². The molecule has 0 fully saturated rings. The Bertz CT molecular complexity index is 1020. The Morgan fingerprint density at radius 3 is 2.89 bits per heavy atom. The summed E-state index contributed by atoms with van der Waals surface area (Å²) in [6.07, 6.45) is 5.99. The van der Waals surface area contributed by atoms with Crippen molar-refractivity contribution in [2.45, 2.75) is 44.9 Å². The third-order valence-electron chi connectivity index (χ3n) is 5.45. The number of nitrogens with one attached hydrogen (secondary N) is 1. The van der Waals surface area contributed by atoms with Gasteiger partial charge in [0.2, 0.25) is 5.91 Å². The van der Waals surface area contributed by atoms with Crippen LogP contribution < -0.4 is 5.32 Å². The number of phenolic OH excluding ortho intramolecular Hbond substituents is 1. The number of carbonyl (C=O) groups is 1. The summed E-state index contributed by atoms with van der Waals surface area (Å²) < 4.78 is 0. The molecule has 0 radical (unpaired) electrons. The first-order valence-corrected chi connectivity index (χ1v) is 10.6. The predicted molar refractivity (Wildman–Crippen MR) is 113 cm³/mol. The second kappa shape index (κ2) is 8.15. The number of aromatic hydroxyl groups is 1. The monoisotopic (exact) mass is 392 g/mol. The standard InChI is InChI=1S/C23H24N2O2S/c1-15-2-5-19(23-24-10-11-28-23)14-21(15)25-22(27)9-4-16-3-6-18-13-20(26)8-7-17(18)12-16/h3,6-8,10-13,19,26H,2,4-5,9,14H2,1H3,(H,25,27). The van der Waals surface area contributed by atoms with Gasteiger partial charge < -0.3 is 10.4 Å². The van der Waals surface area contributed by atoms with Gasteiger partial charge in [-0.1, -0.05) is 29.8 Å². The van der Waals surface area contributed by atoms with Gasteiger partial charge in [0.15, 0.2) is 0 Å². The van der Waals surface area contributed by atoms with Gasteiger partial charge in [-0.3, -0.25) is 4.79 Å². The fraction of sp³-hybridized carbons (Fsp3) is 0.304. The Balaban J connectivity index is 1.37.